The molecule has 20 heavy (non-hydrogen) atoms. The van der Waals surface area contributed by atoms with Crippen LogP contribution in [0.15, 0.2) is 17.2 Å². The van der Waals surface area contributed by atoms with Crippen molar-refractivity contribution in [3.8, 4) is 0 Å². The minimum absolute atomic E-state index is 0.353. The molecule has 0 atom stereocenters. The maximum atomic E-state index is 12.7. The van der Waals surface area contributed by atoms with Gasteiger partial charge < -0.3 is 15.2 Å². The molecule has 1 aliphatic rings. The van der Waals surface area contributed by atoms with Gasteiger partial charge in [-0.15, -0.1) is 0 Å². The average Bonchev–Trinajstić information content (AvgIpc) is 2.74. The molecule has 2 rings (SSSR count). The van der Waals surface area contributed by atoms with E-state index in [1.807, 2.05) is 18.5 Å². The van der Waals surface area contributed by atoms with Crippen LogP contribution in [0.5, 0.6) is 0 Å². The first-order valence-electron chi connectivity index (χ1n) is 7.07. The van der Waals surface area contributed by atoms with Crippen molar-refractivity contribution < 1.29 is 8.42 Å². The largest absolute Gasteiger partial charge is 0.349 e. The monoisotopic (exact) mass is 300 g/mol. The first-order valence-corrected chi connectivity index (χ1v) is 8.51. The number of aryl methyl sites for hydroxylation is 1. The molecule has 114 valence electrons. The molecular formula is C13H24N4O2S. The number of sulfonamides is 1. The molecule has 1 saturated heterocycles. The molecule has 0 aromatic carbocycles. The highest BCUT2D eigenvalue weighted by atomic mass is 32.2. The van der Waals surface area contributed by atoms with Crippen LogP contribution in [0.1, 0.15) is 19.0 Å². The molecule has 0 aliphatic carbocycles. The predicted octanol–water partition coefficient (Wildman–Crippen LogP) is 0.293. The van der Waals surface area contributed by atoms with Gasteiger partial charge in [0.25, 0.3) is 0 Å². The zero-order valence-electron chi connectivity index (χ0n) is 12.2. The molecule has 1 aliphatic heterocycles. The van der Waals surface area contributed by atoms with E-state index in [9.17, 15) is 8.42 Å². The average molecular weight is 300 g/mol. The van der Waals surface area contributed by atoms with Crippen molar-refractivity contribution in [2.24, 2.45) is 5.73 Å². The Hall–Kier alpha value is -0.890. The van der Waals surface area contributed by atoms with Crippen molar-refractivity contribution in [3.63, 3.8) is 0 Å². The number of likely N-dealkylation sites (N-methyl/N-ethyl adjacent to an activating group) is 1. The highest BCUT2D eigenvalue weighted by Crippen LogP contribution is 2.20. The standard InChI is InChI=1S/C13H24N4O2S/c1-3-16-11-13(9-12(16)10-14)20(18,19)17-6-4-5-15(2)7-8-17/h9,11H,3-8,10,14H2,1-2H3. The van der Waals surface area contributed by atoms with E-state index >= 15 is 0 Å². The lowest BCUT2D eigenvalue weighted by atomic mass is 10.4. The summed E-state index contributed by atoms with van der Waals surface area (Å²) >= 11 is 0. The van der Waals surface area contributed by atoms with E-state index in [-0.39, 0.29) is 0 Å². The lowest BCUT2D eigenvalue weighted by Gasteiger charge is -2.19. The van der Waals surface area contributed by atoms with Crippen molar-refractivity contribution in [2.45, 2.75) is 31.3 Å². The quantitative estimate of drug-likeness (QED) is 0.868. The van der Waals surface area contributed by atoms with Gasteiger partial charge in [0.2, 0.25) is 10.0 Å². The van der Waals surface area contributed by atoms with Crippen molar-refractivity contribution in [1.29, 1.82) is 0 Å². The lowest BCUT2D eigenvalue weighted by Crippen LogP contribution is -2.34. The molecule has 0 bridgehead atoms. The Kier molecular flexibility index (Phi) is 4.85. The Bertz CT molecular complexity index is 531. The first-order chi connectivity index (χ1) is 9.48. The molecule has 0 radical (unpaired) electrons. The summed E-state index contributed by atoms with van der Waals surface area (Å²) in [5.74, 6) is 0. The molecule has 1 fully saturated rings. The van der Waals surface area contributed by atoms with Crippen molar-refractivity contribution in [1.82, 2.24) is 13.8 Å². The summed E-state index contributed by atoms with van der Waals surface area (Å²) in [6.45, 7) is 5.91. The maximum Gasteiger partial charge on any atom is 0.244 e. The summed E-state index contributed by atoms with van der Waals surface area (Å²) < 4.78 is 28.9. The number of nitrogens with two attached hydrogens (primary N) is 1. The van der Waals surface area contributed by atoms with Crippen LogP contribution in [0.2, 0.25) is 0 Å². The molecule has 1 aromatic heterocycles. The lowest BCUT2D eigenvalue weighted by molar-refractivity contribution is 0.347. The summed E-state index contributed by atoms with van der Waals surface area (Å²) in [7, 11) is -1.38. The van der Waals surface area contributed by atoms with Gasteiger partial charge in [-0.05, 0) is 33.0 Å². The summed E-state index contributed by atoms with van der Waals surface area (Å²) in [6, 6.07) is 1.70. The van der Waals surface area contributed by atoms with Crippen molar-refractivity contribution >= 4 is 10.0 Å². The molecule has 6 nitrogen and oxygen atoms in total. The summed E-state index contributed by atoms with van der Waals surface area (Å²) in [6.07, 6.45) is 2.57. The Morgan fingerprint density at radius 1 is 1.25 bits per heavy atom. The van der Waals surface area contributed by atoms with Gasteiger partial charge >= 0.3 is 0 Å². The SMILES string of the molecule is CCn1cc(S(=O)(=O)N2CCCN(C)CC2)cc1CN. The second kappa shape index (κ2) is 6.26. The first kappa shape index (κ1) is 15.5. The van der Waals surface area contributed by atoms with Gasteiger partial charge in [0.1, 0.15) is 4.90 Å². The van der Waals surface area contributed by atoms with Gasteiger partial charge in [-0.1, -0.05) is 0 Å². The summed E-state index contributed by atoms with van der Waals surface area (Å²) in [4.78, 5) is 2.53. The molecule has 0 spiro atoms. The molecule has 2 N–H and O–H groups in total. The Morgan fingerprint density at radius 3 is 2.60 bits per heavy atom. The zero-order chi connectivity index (χ0) is 14.8. The Labute approximate surface area is 121 Å². The normalized spacial score (nSPS) is 19.1. The van der Waals surface area contributed by atoms with E-state index in [0.717, 1.165) is 31.7 Å². The topological polar surface area (TPSA) is 71.6 Å². The number of hydrogen-bond acceptors (Lipinski definition) is 4. The molecule has 0 saturated carbocycles. The van der Waals surface area contributed by atoms with Crippen LogP contribution in [0.4, 0.5) is 0 Å². The number of aromatic nitrogens is 1. The van der Waals surface area contributed by atoms with Gasteiger partial charge in [-0.2, -0.15) is 4.31 Å². The van der Waals surface area contributed by atoms with E-state index in [1.54, 1.807) is 16.6 Å². The summed E-state index contributed by atoms with van der Waals surface area (Å²) in [5, 5.41) is 0. The second-order valence-corrected chi connectivity index (χ2v) is 7.16. The van der Waals surface area contributed by atoms with Crippen LogP contribution in [-0.2, 0) is 23.1 Å². The molecule has 1 aromatic rings. The van der Waals surface area contributed by atoms with Crippen LogP contribution in [0, 0.1) is 0 Å². The molecule has 7 heteroatoms. The smallest absolute Gasteiger partial charge is 0.244 e. The highest BCUT2D eigenvalue weighted by Gasteiger charge is 2.27. The van der Waals surface area contributed by atoms with Crippen LogP contribution >= 0.6 is 0 Å². The third-order valence-corrected chi connectivity index (χ3v) is 5.69. The fraction of sp³-hybridized carbons (Fsp3) is 0.692. The fourth-order valence-electron chi connectivity index (χ4n) is 2.54. The van der Waals surface area contributed by atoms with Gasteiger partial charge in [0, 0.05) is 44.6 Å². The Morgan fingerprint density at radius 2 is 2.00 bits per heavy atom. The van der Waals surface area contributed by atoms with Gasteiger partial charge in [0.05, 0.1) is 0 Å². The van der Waals surface area contributed by atoms with E-state index in [1.165, 1.54) is 0 Å². The molecular weight excluding hydrogens is 276 g/mol. The third kappa shape index (κ3) is 3.06. The molecule has 0 amide bonds. The highest BCUT2D eigenvalue weighted by molar-refractivity contribution is 7.89. The van der Waals surface area contributed by atoms with Gasteiger partial charge in [-0.3, -0.25) is 0 Å². The predicted molar refractivity (Wildman–Crippen MR) is 78.9 cm³/mol. The number of nitrogens with zero attached hydrogens (tertiary/aromatic N) is 3. The minimum atomic E-state index is -3.40. The van der Waals surface area contributed by atoms with Crippen LogP contribution < -0.4 is 5.73 Å². The zero-order valence-corrected chi connectivity index (χ0v) is 13.1. The number of hydrogen-bond donors (Lipinski definition) is 1. The van der Waals surface area contributed by atoms with E-state index < -0.39 is 10.0 Å². The van der Waals surface area contributed by atoms with E-state index in [2.05, 4.69) is 4.90 Å². The third-order valence-electron chi connectivity index (χ3n) is 3.83. The molecule has 2 heterocycles. The van der Waals surface area contributed by atoms with Gasteiger partial charge in [0.15, 0.2) is 0 Å². The molecule has 0 unspecified atom stereocenters. The summed E-state index contributed by atoms with van der Waals surface area (Å²) in [5.41, 5.74) is 6.53. The second-order valence-electron chi connectivity index (χ2n) is 5.22. The number of rotatable bonds is 4. The fourth-order valence-corrected chi connectivity index (χ4v) is 4.08. The minimum Gasteiger partial charge on any atom is -0.349 e. The van der Waals surface area contributed by atoms with Crippen molar-refractivity contribution in [3.05, 3.63) is 18.0 Å². The van der Waals surface area contributed by atoms with Gasteiger partial charge in [-0.25, -0.2) is 8.42 Å². The Balaban J connectivity index is 2.27. The van der Waals surface area contributed by atoms with Crippen LogP contribution in [0.25, 0.3) is 0 Å². The van der Waals surface area contributed by atoms with E-state index in [0.29, 0.717) is 24.5 Å². The van der Waals surface area contributed by atoms with Crippen LogP contribution in [0.3, 0.4) is 0 Å². The van der Waals surface area contributed by atoms with Crippen LogP contribution in [-0.4, -0.2) is 55.4 Å². The van der Waals surface area contributed by atoms with E-state index in [4.69, 9.17) is 5.73 Å². The van der Waals surface area contributed by atoms with Crippen molar-refractivity contribution in [2.75, 3.05) is 33.2 Å². The maximum absolute atomic E-state index is 12.7.